The highest BCUT2D eigenvalue weighted by Crippen LogP contribution is 2.11. The molecule has 0 bridgehead atoms. The summed E-state index contributed by atoms with van der Waals surface area (Å²) in [6.45, 7) is 2.57. The first-order chi connectivity index (χ1) is 9.20. The number of aromatic nitrogens is 4. The molecule has 0 aliphatic carbocycles. The second-order valence-corrected chi connectivity index (χ2v) is 4.64. The molecular formula is C13H12ClN5. The van der Waals surface area contributed by atoms with E-state index in [9.17, 15) is 0 Å². The van der Waals surface area contributed by atoms with Crippen LogP contribution in [0.1, 0.15) is 11.3 Å². The standard InChI is InChI=1S/C13H12ClN5/c1-9-5-13-16-7-10(8-19(13)18-9)6-15-12-4-2-3-11(14)17-12/h2-5,7-8H,6H2,1H3,(H,15,17). The molecule has 0 unspecified atom stereocenters. The Labute approximate surface area is 115 Å². The summed E-state index contributed by atoms with van der Waals surface area (Å²) in [4.78, 5) is 8.51. The molecule has 0 saturated carbocycles. The summed E-state index contributed by atoms with van der Waals surface area (Å²) in [5.74, 6) is 0.740. The van der Waals surface area contributed by atoms with Gasteiger partial charge in [-0.25, -0.2) is 14.5 Å². The second kappa shape index (κ2) is 4.85. The minimum atomic E-state index is 0.473. The van der Waals surface area contributed by atoms with Crippen molar-refractivity contribution < 1.29 is 0 Å². The Kier molecular flexibility index (Phi) is 3.05. The van der Waals surface area contributed by atoms with Gasteiger partial charge in [0.05, 0.1) is 5.69 Å². The van der Waals surface area contributed by atoms with Gasteiger partial charge in [-0.1, -0.05) is 17.7 Å². The molecule has 0 saturated heterocycles. The van der Waals surface area contributed by atoms with Gasteiger partial charge in [0.1, 0.15) is 11.0 Å². The van der Waals surface area contributed by atoms with Gasteiger partial charge < -0.3 is 5.32 Å². The van der Waals surface area contributed by atoms with Crippen LogP contribution in [0.4, 0.5) is 5.82 Å². The Morgan fingerprint density at radius 3 is 3.11 bits per heavy atom. The Hall–Kier alpha value is -2.14. The van der Waals surface area contributed by atoms with E-state index in [0.29, 0.717) is 11.7 Å². The van der Waals surface area contributed by atoms with Gasteiger partial charge in [0.2, 0.25) is 0 Å². The van der Waals surface area contributed by atoms with Gasteiger partial charge in [0.15, 0.2) is 5.65 Å². The van der Waals surface area contributed by atoms with Crippen LogP contribution < -0.4 is 5.32 Å². The van der Waals surface area contributed by atoms with Crippen molar-refractivity contribution in [2.24, 2.45) is 0 Å². The normalized spacial score (nSPS) is 10.8. The van der Waals surface area contributed by atoms with E-state index in [0.717, 1.165) is 22.7 Å². The number of halogens is 1. The molecule has 0 atom stereocenters. The number of hydrogen-bond acceptors (Lipinski definition) is 4. The molecule has 0 fully saturated rings. The van der Waals surface area contributed by atoms with Crippen LogP contribution in [0.15, 0.2) is 36.7 Å². The first kappa shape index (κ1) is 11.9. The van der Waals surface area contributed by atoms with E-state index in [1.807, 2.05) is 37.5 Å². The quantitative estimate of drug-likeness (QED) is 0.746. The Bertz CT molecular complexity index is 722. The van der Waals surface area contributed by atoms with E-state index in [-0.39, 0.29) is 0 Å². The highest BCUT2D eigenvalue weighted by Gasteiger charge is 2.01. The van der Waals surface area contributed by atoms with E-state index < -0.39 is 0 Å². The van der Waals surface area contributed by atoms with Crippen molar-refractivity contribution in [1.82, 2.24) is 19.6 Å². The van der Waals surface area contributed by atoms with Gasteiger partial charge in [-0.15, -0.1) is 0 Å². The van der Waals surface area contributed by atoms with Crippen LogP contribution in [0.25, 0.3) is 5.65 Å². The van der Waals surface area contributed by atoms with Gasteiger partial charge in [-0.05, 0) is 19.1 Å². The topological polar surface area (TPSA) is 55.1 Å². The SMILES string of the molecule is Cc1cc2ncc(CNc3cccc(Cl)n3)cn2n1. The lowest BCUT2D eigenvalue weighted by atomic mass is 10.3. The number of anilines is 1. The molecular weight excluding hydrogens is 262 g/mol. The number of aryl methyl sites for hydroxylation is 1. The molecule has 0 amide bonds. The number of fused-ring (bicyclic) bond motifs is 1. The fourth-order valence-corrected chi connectivity index (χ4v) is 1.99. The fraction of sp³-hybridized carbons (Fsp3) is 0.154. The van der Waals surface area contributed by atoms with E-state index >= 15 is 0 Å². The number of nitrogens with zero attached hydrogens (tertiary/aromatic N) is 4. The minimum Gasteiger partial charge on any atom is -0.366 e. The van der Waals surface area contributed by atoms with Crippen molar-refractivity contribution in [2.45, 2.75) is 13.5 Å². The zero-order valence-corrected chi connectivity index (χ0v) is 11.1. The average Bonchev–Trinajstić information content (AvgIpc) is 2.75. The lowest BCUT2D eigenvalue weighted by Crippen LogP contribution is -2.03. The van der Waals surface area contributed by atoms with Crippen LogP contribution in [-0.2, 0) is 6.54 Å². The predicted molar refractivity (Wildman–Crippen MR) is 74.3 cm³/mol. The lowest BCUT2D eigenvalue weighted by molar-refractivity contribution is 0.894. The highest BCUT2D eigenvalue weighted by molar-refractivity contribution is 6.29. The summed E-state index contributed by atoms with van der Waals surface area (Å²) in [6.07, 6.45) is 3.78. The molecule has 3 aromatic heterocycles. The summed E-state index contributed by atoms with van der Waals surface area (Å²) < 4.78 is 1.78. The molecule has 0 spiro atoms. The van der Waals surface area contributed by atoms with Crippen molar-refractivity contribution in [2.75, 3.05) is 5.32 Å². The Balaban J connectivity index is 1.78. The summed E-state index contributed by atoms with van der Waals surface area (Å²) in [5, 5.41) is 8.00. The predicted octanol–water partition coefficient (Wildman–Crippen LogP) is 2.70. The second-order valence-electron chi connectivity index (χ2n) is 4.25. The third-order valence-electron chi connectivity index (χ3n) is 2.68. The summed E-state index contributed by atoms with van der Waals surface area (Å²) in [7, 11) is 0. The molecule has 0 aliphatic heterocycles. The Morgan fingerprint density at radius 1 is 1.37 bits per heavy atom. The number of pyridine rings is 1. The summed E-state index contributed by atoms with van der Waals surface area (Å²) in [5.41, 5.74) is 2.83. The molecule has 1 N–H and O–H groups in total. The molecule has 3 rings (SSSR count). The van der Waals surface area contributed by atoms with Crippen LogP contribution in [0, 0.1) is 6.92 Å². The molecule has 0 radical (unpaired) electrons. The van der Waals surface area contributed by atoms with Crippen molar-refractivity contribution >= 4 is 23.1 Å². The third-order valence-corrected chi connectivity index (χ3v) is 2.89. The van der Waals surface area contributed by atoms with Gasteiger partial charge in [-0.3, -0.25) is 0 Å². The van der Waals surface area contributed by atoms with E-state index in [4.69, 9.17) is 11.6 Å². The van der Waals surface area contributed by atoms with E-state index in [1.165, 1.54) is 0 Å². The maximum atomic E-state index is 5.83. The van der Waals surface area contributed by atoms with Crippen LogP contribution in [0.2, 0.25) is 5.15 Å². The van der Waals surface area contributed by atoms with Crippen LogP contribution in [0.5, 0.6) is 0 Å². The molecule has 3 aromatic rings. The monoisotopic (exact) mass is 273 g/mol. The third kappa shape index (κ3) is 2.66. The fourth-order valence-electron chi connectivity index (χ4n) is 1.82. The van der Waals surface area contributed by atoms with Crippen molar-refractivity contribution in [3.63, 3.8) is 0 Å². The van der Waals surface area contributed by atoms with E-state index in [2.05, 4.69) is 20.4 Å². The van der Waals surface area contributed by atoms with Crippen molar-refractivity contribution in [1.29, 1.82) is 0 Å². The zero-order chi connectivity index (χ0) is 13.2. The average molecular weight is 274 g/mol. The van der Waals surface area contributed by atoms with Crippen LogP contribution >= 0.6 is 11.6 Å². The number of hydrogen-bond donors (Lipinski definition) is 1. The minimum absolute atomic E-state index is 0.473. The molecule has 0 aromatic carbocycles. The molecule has 19 heavy (non-hydrogen) atoms. The molecule has 5 nitrogen and oxygen atoms in total. The molecule has 96 valence electrons. The van der Waals surface area contributed by atoms with Crippen molar-refractivity contribution in [3.8, 4) is 0 Å². The maximum absolute atomic E-state index is 5.83. The van der Waals surface area contributed by atoms with E-state index in [1.54, 1.807) is 10.6 Å². The maximum Gasteiger partial charge on any atom is 0.155 e. The Morgan fingerprint density at radius 2 is 2.26 bits per heavy atom. The molecule has 6 heteroatoms. The van der Waals surface area contributed by atoms with Crippen LogP contribution in [-0.4, -0.2) is 19.6 Å². The molecule has 3 heterocycles. The van der Waals surface area contributed by atoms with Gasteiger partial charge in [0.25, 0.3) is 0 Å². The number of rotatable bonds is 3. The highest BCUT2D eigenvalue weighted by atomic mass is 35.5. The first-order valence-corrected chi connectivity index (χ1v) is 6.26. The summed E-state index contributed by atoms with van der Waals surface area (Å²) in [6, 6.07) is 7.41. The van der Waals surface area contributed by atoms with Gasteiger partial charge >= 0.3 is 0 Å². The van der Waals surface area contributed by atoms with Gasteiger partial charge in [-0.2, -0.15) is 5.10 Å². The van der Waals surface area contributed by atoms with Crippen molar-refractivity contribution in [3.05, 3.63) is 53.1 Å². The van der Waals surface area contributed by atoms with Gasteiger partial charge in [0, 0.05) is 30.6 Å². The number of nitrogens with one attached hydrogen (secondary N) is 1. The molecule has 0 aliphatic rings. The zero-order valence-electron chi connectivity index (χ0n) is 10.3. The summed E-state index contributed by atoms with van der Waals surface area (Å²) >= 11 is 5.83. The lowest BCUT2D eigenvalue weighted by Gasteiger charge is -2.05. The first-order valence-electron chi connectivity index (χ1n) is 5.88. The smallest absolute Gasteiger partial charge is 0.155 e. The van der Waals surface area contributed by atoms with Crippen LogP contribution in [0.3, 0.4) is 0 Å². The largest absolute Gasteiger partial charge is 0.366 e.